The second-order valence-electron chi connectivity index (χ2n) is 7.70. The number of hydrogen-bond donors (Lipinski definition) is 0. The van der Waals surface area contributed by atoms with E-state index in [1.54, 1.807) is 0 Å². The van der Waals surface area contributed by atoms with Crippen LogP contribution in [0.4, 0.5) is 26.3 Å². The number of hydrogen-bond acceptors (Lipinski definition) is 4. The van der Waals surface area contributed by atoms with Crippen molar-refractivity contribution in [2.75, 3.05) is 6.54 Å². The molecule has 0 aliphatic carbocycles. The molecule has 2 aromatic carbocycles. The number of carbonyl (C=O) groups is 1. The van der Waals surface area contributed by atoms with Crippen molar-refractivity contribution in [3.05, 3.63) is 68.7 Å². The number of nitrogens with zero attached hydrogens (tertiary/aromatic N) is 3. The van der Waals surface area contributed by atoms with Crippen LogP contribution in [-0.2, 0) is 28.0 Å². The van der Waals surface area contributed by atoms with Crippen molar-refractivity contribution < 1.29 is 36.0 Å². The summed E-state index contributed by atoms with van der Waals surface area (Å²) in [5.74, 6) is -0.380. The van der Waals surface area contributed by atoms with Gasteiger partial charge in [-0.3, -0.25) is 4.79 Å². The maximum atomic E-state index is 14.2. The number of oxime groups is 1. The summed E-state index contributed by atoms with van der Waals surface area (Å²) in [6.45, 7) is 1.06. The van der Waals surface area contributed by atoms with Gasteiger partial charge in [0.05, 0.1) is 17.3 Å². The lowest BCUT2D eigenvalue weighted by Crippen LogP contribution is -2.42. The van der Waals surface area contributed by atoms with Gasteiger partial charge in [-0.2, -0.15) is 31.6 Å². The van der Waals surface area contributed by atoms with Gasteiger partial charge in [-0.1, -0.05) is 40.5 Å². The lowest BCUT2D eigenvalue weighted by molar-refractivity contribution is -0.276. The molecule has 3 rings (SSSR count). The lowest BCUT2D eigenvalue weighted by atomic mass is 9.85. The van der Waals surface area contributed by atoms with Crippen molar-refractivity contribution in [3.63, 3.8) is 0 Å². The van der Waals surface area contributed by atoms with Gasteiger partial charge in [-0.05, 0) is 29.8 Å². The normalized spacial score (nSPS) is 18.0. The minimum atomic E-state index is -5.14. The predicted octanol–water partition coefficient (Wildman–Crippen LogP) is 6.47. The number of halogens is 8. The van der Waals surface area contributed by atoms with E-state index in [2.05, 4.69) is 5.16 Å². The molecule has 1 amide bonds. The van der Waals surface area contributed by atoms with Crippen LogP contribution in [0, 0.1) is 11.3 Å². The Hall–Kier alpha value is -2.97. The van der Waals surface area contributed by atoms with E-state index < -0.39 is 40.5 Å². The van der Waals surface area contributed by atoms with Crippen LogP contribution in [0.3, 0.4) is 0 Å². The third kappa shape index (κ3) is 5.49. The van der Waals surface area contributed by atoms with Crippen molar-refractivity contribution >= 4 is 34.8 Å². The van der Waals surface area contributed by atoms with E-state index in [4.69, 9.17) is 33.3 Å². The smallest absolute Gasteiger partial charge is 0.374 e. The molecule has 0 bridgehead atoms. The highest BCUT2D eigenvalue weighted by Gasteiger charge is 2.62. The first-order chi connectivity index (χ1) is 16.2. The van der Waals surface area contributed by atoms with E-state index in [0.29, 0.717) is 17.7 Å². The van der Waals surface area contributed by atoms with Crippen LogP contribution in [-0.4, -0.2) is 29.2 Å². The first-order valence-electron chi connectivity index (χ1n) is 9.79. The quantitative estimate of drug-likeness (QED) is 0.324. The highest BCUT2D eigenvalue weighted by atomic mass is 35.5. The zero-order valence-electron chi connectivity index (χ0n) is 17.8. The molecule has 0 radical (unpaired) electrons. The Balaban J connectivity index is 1.96. The summed E-state index contributed by atoms with van der Waals surface area (Å²) in [7, 11) is 0. The van der Waals surface area contributed by atoms with Crippen LogP contribution in [0.25, 0.3) is 0 Å². The summed E-state index contributed by atoms with van der Waals surface area (Å²) in [4.78, 5) is 17.6. The standard InChI is InChI=1S/C22H15Cl2F6N3O2/c1-12(34)33(5-4-31)11-14-3-2-13(6-18(14)24)19-10-20(35-32-19,22(28,29)30)15-7-16(21(25,26)27)9-17(23)8-15/h2-3,6-9H,5,10-11H2,1H3. The van der Waals surface area contributed by atoms with E-state index in [9.17, 15) is 31.1 Å². The SMILES string of the molecule is CC(=O)N(CC#N)Cc1ccc(C2=NOC(c3cc(Cl)cc(C(F)(F)F)c3)(C(F)(F)F)C2)cc1Cl. The van der Waals surface area contributed by atoms with Gasteiger partial charge in [-0.15, -0.1) is 0 Å². The average Bonchev–Trinajstić information content (AvgIpc) is 3.20. The van der Waals surface area contributed by atoms with Gasteiger partial charge in [0.2, 0.25) is 5.91 Å². The average molecular weight is 538 g/mol. The molecule has 0 spiro atoms. The second kappa shape index (κ2) is 9.59. The fraction of sp³-hybridized carbons (Fsp3) is 0.318. The van der Waals surface area contributed by atoms with Gasteiger partial charge < -0.3 is 9.74 Å². The van der Waals surface area contributed by atoms with Crippen LogP contribution >= 0.6 is 23.2 Å². The van der Waals surface area contributed by atoms with Crippen molar-refractivity contribution in [3.8, 4) is 6.07 Å². The Morgan fingerprint density at radius 2 is 1.86 bits per heavy atom. The number of nitriles is 1. The Morgan fingerprint density at radius 1 is 1.17 bits per heavy atom. The molecular weight excluding hydrogens is 523 g/mol. The molecule has 13 heteroatoms. The molecule has 1 aliphatic rings. The number of amides is 1. The first kappa shape index (κ1) is 26.6. The molecular formula is C22H15Cl2F6N3O2. The van der Waals surface area contributed by atoms with Gasteiger partial charge in [0.15, 0.2) is 0 Å². The predicted molar refractivity (Wildman–Crippen MR) is 115 cm³/mol. The number of carbonyl (C=O) groups excluding carboxylic acids is 1. The zero-order chi connectivity index (χ0) is 26.2. The van der Waals surface area contributed by atoms with Crippen molar-refractivity contribution in [1.82, 2.24) is 4.90 Å². The fourth-order valence-electron chi connectivity index (χ4n) is 3.47. The third-order valence-corrected chi connectivity index (χ3v) is 5.90. The molecule has 1 unspecified atom stereocenters. The van der Waals surface area contributed by atoms with E-state index in [1.165, 1.54) is 30.0 Å². The molecule has 5 nitrogen and oxygen atoms in total. The van der Waals surface area contributed by atoms with E-state index in [-0.39, 0.29) is 35.3 Å². The number of alkyl halides is 6. The van der Waals surface area contributed by atoms with Crippen LogP contribution in [0.15, 0.2) is 41.6 Å². The Labute approximate surface area is 205 Å². The molecule has 0 fully saturated rings. The van der Waals surface area contributed by atoms with Gasteiger partial charge in [0, 0.05) is 41.1 Å². The topological polar surface area (TPSA) is 65.7 Å². The Morgan fingerprint density at radius 3 is 2.40 bits per heavy atom. The summed E-state index contributed by atoms with van der Waals surface area (Å²) in [6.07, 6.45) is -11.0. The van der Waals surface area contributed by atoms with Crippen LogP contribution in [0.2, 0.25) is 10.0 Å². The molecule has 1 heterocycles. The van der Waals surface area contributed by atoms with Crippen LogP contribution in [0.5, 0.6) is 0 Å². The van der Waals surface area contributed by atoms with Gasteiger partial charge in [0.1, 0.15) is 6.54 Å². The van der Waals surface area contributed by atoms with E-state index in [1.807, 2.05) is 6.07 Å². The highest BCUT2D eigenvalue weighted by molar-refractivity contribution is 6.32. The van der Waals surface area contributed by atoms with Gasteiger partial charge >= 0.3 is 12.4 Å². The largest absolute Gasteiger partial charge is 0.435 e. The molecule has 0 saturated carbocycles. The van der Waals surface area contributed by atoms with E-state index in [0.717, 1.165) is 6.07 Å². The van der Waals surface area contributed by atoms with Crippen LogP contribution in [0.1, 0.15) is 35.6 Å². The minimum Gasteiger partial charge on any atom is -0.374 e. The lowest BCUT2D eigenvalue weighted by Gasteiger charge is -2.30. The highest BCUT2D eigenvalue weighted by Crippen LogP contribution is 2.50. The molecule has 186 valence electrons. The Kier molecular flexibility index (Phi) is 7.29. The van der Waals surface area contributed by atoms with Crippen molar-refractivity contribution in [1.29, 1.82) is 5.26 Å². The monoisotopic (exact) mass is 537 g/mol. The summed E-state index contributed by atoms with van der Waals surface area (Å²) in [5.41, 5.74) is -5.05. The number of benzene rings is 2. The first-order valence-corrected chi connectivity index (χ1v) is 10.5. The van der Waals surface area contributed by atoms with Gasteiger partial charge in [0.25, 0.3) is 5.60 Å². The Bertz CT molecular complexity index is 1220. The summed E-state index contributed by atoms with van der Waals surface area (Å²) >= 11 is 11.9. The molecule has 0 N–H and O–H groups in total. The van der Waals surface area contributed by atoms with Crippen molar-refractivity contribution in [2.24, 2.45) is 5.16 Å². The summed E-state index contributed by atoms with van der Waals surface area (Å²) < 4.78 is 82.1. The minimum absolute atomic E-state index is 0.0137. The van der Waals surface area contributed by atoms with E-state index >= 15 is 0 Å². The molecule has 1 aliphatic heterocycles. The fourth-order valence-corrected chi connectivity index (χ4v) is 3.94. The molecule has 2 aromatic rings. The molecule has 0 saturated heterocycles. The van der Waals surface area contributed by atoms with Crippen LogP contribution < -0.4 is 0 Å². The second-order valence-corrected chi connectivity index (χ2v) is 8.54. The third-order valence-electron chi connectivity index (χ3n) is 5.33. The molecule has 35 heavy (non-hydrogen) atoms. The maximum Gasteiger partial charge on any atom is 0.435 e. The summed E-state index contributed by atoms with van der Waals surface area (Å²) in [5, 5.41) is 11.9. The number of rotatable bonds is 5. The van der Waals surface area contributed by atoms with Gasteiger partial charge in [-0.25, -0.2) is 0 Å². The van der Waals surface area contributed by atoms with Crippen molar-refractivity contribution in [2.45, 2.75) is 37.8 Å². The molecule has 0 aromatic heterocycles. The maximum absolute atomic E-state index is 14.2. The summed E-state index contributed by atoms with van der Waals surface area (Å²) in [6, 6.07) is 7.58. The molecule has 1 atom stereocenters. The zero-order valence-corrected chi connectivity index (χ0v) is 19.3.